The summed E-state index contributed by atoms with van der Waals surface area (Å²) in [6.45, 7) is 4.61. The van der Waals surface area contributed by atoms with Crippen LogP contribution in [0, 0.1) is 0 Å². The van der Waals surface area contributed by atoms with Crippen LogP contribution in [0.5, 0.6) is 0 Å². The van der Waals surface area contributed by atoms with E-state index in [1.54, 1.807) is 0 Å². The summed E-state index contributed by atoms with van der Waals surface area (Å²) >= 11 is 0. The van der Waals surface area contributed by atoms with Crippen LogP contribution in [0.25, 0.3) is 49.5 Å². The van der Waals surface area contributed by atoms with Gasteiger partial charge in [0.15, 0.2) is 7.14 Å². The van der Waals surface area contributed by atoms with E-state index in [-0.39, 0.29) is 11.3 Å². The van der Waals surface area contributed by atoms with Crippen LogP contribution in [-0.4, -0.2) is 9.38 Å². The van der Waals surface area contributed by atoms with E-state index in [0.717, 1.165) is 43.5 Å². The van der Waals surface area contributed by atoms with E-state index < -0.39 is 7.14 Å². The third-order valence-corrected chi connectivity index (χ3v) is 14.2. The number of benzene rings is 6. The Morgan fingerprint density at radius 2 is 1.29 bits per heavy atom. The molecule has 10 rings (SSSR count). The molecule has 4 heteroatoms. The van der Waals surface area contributed by atoms with Gasteiger partial charge in [-0.25, -0.2) is 4.98 Å². The lowest BCUT2D eigenvalue weighted by Crippen LogP contribution is -2.26. The second-order valence-electron chi connectivity index (χ2n) is 14.3. The number of pyridine rings is 1. The van der Waals surface area contributed by atoms with E-state index in [9.17, 15) is 0 Å². The fraction of sp³-hybridized carbons (Fsp3) is 0.0851. The lowest BCUT2D eigenvalue weighted by molar-refractivity contribution is 0.590. The number of nitrogens with zero attached hydrogens (tertiary/aromatic N) is 2. The maximum atomic E-state index is 15.4. The number of allylic oxidation sites excluding steroid dienone is 6. The molecule has 0 fully saturated rings. The van der Waals surface area contributed by atoms with Crippen molar-refractivity contribution in [3.05, 3.63) is 192 Å². The molecule has 51 heavy (non-hydrogen) atoms. The van der Waals surface area contributed by atoms with Gasteiger partial charge in [0.1, 0.15) is 5.65 Å². The summed E-state index contributed by atoms with van der Waals surface area (Å²) in [5.74, 6) is 0.0919. The Labute approximate surface area is 297 Å². The van der Waals surface area contributed by atoms with Crippen LogP contribution in [0.1, 0.15) is 30.9 Å². The average molecular weight is 675 g/mol. The molecule has 0 N–H and O–H groups in total. The summed E-state index contributed by atoms with van der Waals surface area (Å²) in [5, 5.41) is 6.13. The van der Waals surface area contributed by atoms with Crippen LogP contribution in [0.3, 0.4) is 0 Å². The van der Waals surface area contributed by atoms with Gasteiger partial charge in [0.2, 0.25) is 0 Å². The predicted octanol–water partition coefficient (Wildman–Crippen LogP) is 11.2. The molecule has 2 heterocycles. The molecular weight excluding hydrogens is 640 g/mol. The highest BCUT2D eigenvalue weighted by molar-refractivity contribution is 7.82. The molecule has 2 aliphatic rings. The second kappa shape index (κ2) is 11.1. The molecule has 0 aliphatic heterocycles. The summed E-state index contributed by atoms with van der Waals surface area (Å²) in [4.78, 5) is 5.10. The van der Waals surface area contributed by atoms with E-state index in [1.165, 1.54) is 38.6 Å². The first-order valence-electron chi connectivity index (χ1n) is 17.6. The summed E-state index contributed by atoms with van der Waals surface area (Å²) in [5.41, 5.74) is 10.1. The van der Waals surface area contributed by atoms with Crippen molar-refractivity contribution in [2.75, 3.05) is 0 Å². The van der Waals surface area contributed by atoms with Gasteiger partial charge in [0.25, 0.3) is 0 Å². The Morgan fingerprint density at radius 1 is 0.647 bits per heavy atom. The number of para-hydroxylation sites is 3. The highest BCUT2D eigenvalue weighted by Gasteiger charge is 2.38. The maximum absolute atomic E-state index is 15.4. The number of fused-ring (bicyclic) bond motifs is 11. The molecule has 3 nitrogen and oxygen atoms in total. The summed E-state index contributed by atoms with van der Waals surface area (Å²) < 4.78 is 17.7. The van der Waals surface area contributed by atoms with Crippen molar-refractivity contribution >= 4 is 56.1 Å². The lowest BCUT2D eigenvalue weighted by atomic mass is 9.68. The zero-order valence-electron chi connectivity index (χ0n) is 28.5. The fourth-order valence-electron chi connectivity index (χ4n) is 8.42. The number of aromatic nitrogens is 2. The molecular formula is C47H35N2OP. The maximum Gasteiger partial charge on any atom is 0.171 e. The highest BCUT2D eigenvalue weighted by atomic mass is 31.2. The Bertz CT molecular complexity index is 2810. The Morgan fingerprint density at radius 3 is 2.06 bits per heavy atom. The van der Waals surface area contributed by atoms with Crippen molar-refractivity contribution in [3.8, 4) is 11.1 Å². The van der Waals surface area contributed by atoms with Crippen LogP contribution >= 0.6 is 7.14 Å². The van der Waals surface area contributed by atoms with Crippen molar-refractivity contribution in [1.82, 2.24) is 9.38 Å². The molecule has 2 bridgehead atoms. The molecule has 2 aromatic heterocycles. The Kier molecular flexibility index (Phi) is 6.56. The first kappa shape index (κ1) is 30.1. The Hall–Kier alpha value is -5.76. The number of rotatable bonds is 4. The minimum absolute atomic E-state index is 0.0919. The van der Waals surface area contributed by atoms with Gasteiger partial charge in [-0.1, -0.05) is 141 Å². The first-order valence-corrected chi connectivity index (χ1v) is 19.3. The smallest absolute Gasteiger partial charge is 0.171 e. The van der Waals surface area contributed by atoms with Crippen molar-refractivity contribution in [2.24, 2.45) is 0 Å². The van der Waals surface area contributed by atoms with E-state index in [4.69, 9.17) is 4.98 Å². The normalized spacial score (nSPS) is 16.6. The molecule has 6 aromatic carbocycles. The molecule has 244 valence electrons. The monoisotopic (exact) mass is 674 g/mol. The van der Waals surface area contributed by atoms with Crippen LogP contribution in [0.15, 0.2) is 181 Å². The molecule has 0 amide bonds. The fourth-order valence-corrected chi connectivity index (χ4v) is 11.1. The zero-order chi connectivity index (χ0) is 34.3. The van der Waals surface area contributed by atoms with E-state index in [2.05, 4.69) is 127 Å². The largest absolute Gasteiger partial charge is 0.309 e. The zero-order valence-corrected chi connectivity index (χ0v) is 29.4. The van der Waals surface area contributed by atoms with Gasteiger partial charge in [0, 0.05) is 38.0 Å². The van der Waals surface area contributed by atoms with Crippen molar-refractivity contribution in [1.29, 1.82) is 0 Å². The van der Waals surface area contributed by atoms with Gasteiger partial charge in [-0.2, -0.15) is 0 Å². The first-order chi connectivity index (χ1) is 24.9. The van der Waals surface area contributed by atoms with Crippen LogP contribution in [0.4, 0.5) is 0 Å². The number of hydrogen-bond donors (Lipinski definition) is 0. The van der Waals surface area contributed by atoms with Gasteiger partial charge >= 0.3 is 0 Å². The lowest BCUT2D eigenvalue weighted by Gasteiger charge is -2.36. The number of imidazole rings is 1. The molecule has 1 atom stereocenters. The van der Waals surface area contributed by atoms with Gasteiger partial charge < -0.3 is 4.57 Å². The molecule has 0 spiro atoms. The highest BCUT2D eigenvalue weighted by Crippen LogP contribution is 2.56. The van der Waals surface area contributed by atoms with E-state index >= 15 is 4.57 Å². The molecule has 0 radical (unpaired) electrons. The standard InChI is InChI=1S/C47H35N2OP/c1-47(2)34-27-33(21-24-37(30-34)51(50,35-13-5-3-6-14-35)36-15-7-4-8-16-36)38-25-22-32(29-42(38)47)31-23-26-40-41(28-31)39-17-9-11-19-44(39)49-45-20-12-10-18-43(45)48-46(40)49/h3-30,33H,1-2H3. The molecule has 0 saturated heterocycles. The quantitative estimate of drug-likeness (QED) is 0.138. The van der Waals surface area contributed by atoms with Gasteiger partial charge in [-0.05, 0) is 75.7 Å². The average Bonchev–Trinajstić information content (AvgIpc) is 3.44. The van der Waals surface area contributed by atoms with Crippen molar-refractivity contribution in [3.63, 3.8) is 0 Å². The van der Waals surface area contributed by atoms with E-state index in [1.807, 2.05) is 60.7 Å². The predicted molar refractivity (Wildman–Crippen MR) is 214 cm³/mol. The molecule has 0 saturated carbocycles. The van der Waals surface area contributed by atoms with Gasteiger partial charge in [-0.15, -0.1) is 0 Å². The van der Waals surface area contributed by atoms with Crippen molar-refractivity contribution in [2.45, 2.75) is 25.2 Å². The molecule has 2 aliphatic carbocycles. The molecule has 1 unspecified atom stereocenters. The second-order valence-corrected chi connectivity index (χ2v) is 17.1. The number of hydrogen-bond acceptors (Lipinski definition) is 2. The summed E-state index contributed by atoms with van der Waals surface area (Å²) in [6, 6.07) is 50.8. The third-order valence-electron chi connectivity index (χ3n) is 11.1. The van der Waals surface area contributed by atoms with Crippen molar-refractivity contribution < 1.29 is 4.57 Å². The third kappa shape index (κ3) is 4.45. The van der Waals surface area contributed by atoms with Crippen LogP contribution in [0.2, 0.25) is 0 Å². The topological polar surface area (TPSA) is 34.4 Å². The minimum atomic E-state index is -3.13. The SMILES string of the molecule is CC1(C)C2=CC(C=CC(P(=O)(c3ccccc3)c3ccccc3)=C2)c2ccc(-c3ccc4c(c3)c3ccccc3n3c5ccccc5nc43)cc21. The minimum Gasteiger partial charge on any atom is -0.309 e. The van der Waals surface area contributed by atoms with Crippen LogP contribution in [-0.2, 0) is 9.98 Å². The summed E-state index contributed by atoms with van der Waals surface area (Å²) in [6.07, 6.45) is 8.96. The van der Waals surface area contributed by atoms with E-state index in [0.29, 0.717) is 0 Å². The summed E-state index contributed by atoms with van der Waals surface area (Å²) in [7, 11) is -3.13. The Balaban J connectivity index is 1.11. The van der Waals surface area contributed by atoms with Gasteiger partial charge in [-0.3, -0.25) is 4.40 Å². The van der Waals surface area contributed by atoms with Gasteiger partial charge in [0.05, 0.1) is 16.6 Å². The molecule has 8 aromatic rings. The van der Waals surface area contributed by atoms with Crippen LogP contribution < -0.4 is 10.6 Å².